The first kappa shape index (κ1) is 10.7. The van der Waals surface area contributed by atoms with Gasteiger partial charge in [0.25, 0.3) is 0 Å². The molecule has 0 aromatic heterocycles. The van der Waals surface area contributed by atoms with Crippen LogP contribution < -0.4 is 0 Å². The van der Waals surface area contributed by atoms with Crippen molar-refractivity contribution < 1.29 is 26.9 Å². The summed E-state index contributed by atoms with van der Waals surface area (Å²) in [5, 5.41) is 9.11. The third kappa shape index (κ3) is 3.04. The van der Waals surface area contributed by atoms with E-state index in [1.807, 2.05) is 30.3 Å². The van der Waals surface area contributed by atoms with Crippen molar-refractivity contribution >= 4 is 0 Å². The Bertz CT molecular complexity index is 189. The first-order valence-electron chi connectivity index (χ1n) is 3.10. The van der Waals surface area contributed by atoms with E-state index in [1.54, 1.807) is 0 Å². The Balaban J connectivity index is 0.000001000. The molecule has 0 fully saturated rings. The van der Waals surface area contributed by atoms with Gasteiger partial charge in [0.05, 0.1) is 0 Å². The maximum atomic E-state index is 9.11. The molecular weight excluding hydrogens is 192 g/mol. The molecule has 1 aromatic carbocycles. The standard InChI is InChI=1S/C8H10O2.Cu/c1-10-8(9)7-5-3-2-4-6-7;/h2-6,8-9H,1H3;. The summed E-state index contributed by atoms with van der Waals surface area (Å²) in [5.41, 5.74) is 0.782. The van der Waals surface area contributed by atoms with E-state index >= 15 is 0 Å². The van der Waals surface area contributed by atoms with Gasteiger partial charge < -0.3 is 9.84 Å². The molecule has 0 saturated heterocycles. The maximum absolute atomic E-state index is 9.11. The topological polar surface area (TPSA) is 29.5 Å². The second-order valence-corrected chi connectivity index (χ2v) is 2.00. The number of ether oxygens (including phenoxy) is 1. The molecule has 0 aliphatic carbocycles. The van der Waals surface area contributed by atoms with Crippen LogP contribution in [-0.4, -0.2) is 12.2 Å². The molecule has 1 aromatic rings. The van der Waals surface area contributed by atoms with E-state index in [0.717, 1.165) is 5.56 Å². The number of hydrogen-bond acceptors (Lipinski definition) is 2. The predicted molar refractivity (Wildman–Crippen MR) is 38.4 cm³/mol. The van der Waals surface area contributed by atoms with Gasteiger partial charge in [-0.1, -0.05) is 30.3 Å². The normalized spacial score (nSPS) is 11.8. The van der Waals surface area contributed by atoms with Gasteiger partial charge in [-0.25, -0.2) is 0 Å². The third-order valence-corrected chi connectivity index (χ3v) is 1.31. The van der Waals surface area contributed by atoms with Crippen LogP contribution in [0.5, 0.6) is 0 Å². The van der Waals surface area contributed by atoms with Crippen molar-refractivity contribution in [1.82, 2.24) is 0 Å². The Labute approximate surface area is 76.7 Å². The molecule has 0 saturated carbocycles. The van der Waals surface area contributed by atoms with Crippen LogP contribution >= 0.6 is 0 Å². The monoisotopic (exact) mass is 201 g/mol. The van der Waals surface area contributed by atoms with Gasteiger partial charge in [0.2, 0.25) is 0 Å². The van der Waals surface area contributed by atoms with Crippen LogP contribution in [0.1, 0.15) is 11.9 Å². The molecule has 2 nitrogen and oxygen atoms in total. The fraction of sp³-hybridized carbons (Fsp3) is 0.250. The summed E-state index contributed by atoms with van der Waals surface area (Å²) in [5.74, 6) is 0. The molecule has 0 aliphatic rings. The number of methoxy groups -OCH3 is 1. The number of aliphatic hydroxyl groups is 1. The fourth-order valence-electron chi connectivity index (χ4n) is 0.754. The molecule has 65 valence electrons. The average Bonchev–Trinajstić information content (AvgIpc) is 2.05. The van der Waals surface area contributed by atoms with Gasteiger partial charge in [-0.2, -0.15) is 0 Å². The van der Waals surface area contributed by atoms with E-state index in [-0.39, 0.29) is 17.1 Å². The summed E-state index contributed by atoms with van der Waals surface area (Å²) in [6, 6.07) is 9.24. The minimum Gasteiger partial charge on any atom is -0.364 e. The van der Waals surface area contributed by atoms with Crippen LogP contribution in [0, 0.1) is 0 Å². The van der Waals surface area contributed by atoms with Crippen molar-refractivity contribution in [2.75, 3.05) is 7.11 Å². The summed E-state index contributed by atoms with van der Waals surface area (Å²) in [6.07, 6.45) is -0.791. The third-order valence-electron chi connectivity index (χ3n) is 1.31. The van der Waals surface area contributed by atoms with Crippen LogP contribution in [0.15, 0.2) is 30.3 Å². The second kappa shape index (κ2) is 5.33. The number of benzene rings is 1. The van der Waals surface area contributed by atoms with Crippen LogP contribution in [0.2, 0.25) is 0 Å². The summed E-state index contributed by atoms with van der Waals surface area (Å²) in [7, 11) is 1.47. The van der Waals surface area contributed by atoms with E-state index in [9.17, 15) is 0 Å². The maximum Gasteiger partial charge on any atom is 0.180 e. The van der Waals surface area contributed by atoms with Crippen LogP contribution in [-0.2, 0) is 21.8 Å². The summed E-state index contributed by atoms with van der Waals surface area (Å²) < 4.78 is 4.69. The van der Waals surface area contributed by atoms with Crippen LogP contribution in [0.3, 0.4) is 0 Å². The smallest absolute Gasteiger partial charge is 0.180 e. The van der Waals surface area contributed by atoms with Crippen molar-refractivity contribution in [1.29, 1.82) is 0 Å². The fourth-order valence-corrected chi connectivity index (χ4v) is 0.754. The predicted octanol–water partition coefficient (Wildman–Crippen LogP) is 1.32. The Hall–Kier alpha value is -0.341. The molecule has 0 amide bonds. The van der Waals surface area contributed by atoms with Crippen LogP contribution in [0.4, 0.5) is 0 Å². The van der Waals surface area contributed by atoms with E-state index in [1.165, 1.54) is 7.11 Å². The van der Waals surface area contributed by atoms with Gasteiger partial charge >= 0.3 is 0 Å². The number of hydrogen-bond donors (Lipinski definition) is 1. The molecule has 0 aliphatic heterocycles. The van der Waals surface area contributed by atoms with Gasteiger partial charge in [-0.05, 0) is 0 Å². The minimum atomic E-state index is -0.791. The molecule has 0 spiro atoms. The van der Waals surface area contributed by atoms with Crippen molar-refractivity contribution in [3.05, 3.63) is 35.9 Å². The Kier molecular flexibility index (Phi) is 5.16. The molecule has 0 bridgehead atoms. The van der Waals surface area contributed by atoms with Crippen molar-refractivity contribution in [3.8, 4) is 0 Å². The molecule has 1 rings (SSSR count). The number of rotatable bonds is 2. The molecule has 11 heavy (non-hydrogen) atoms. The first-order valence-corrected chi connectivity index (χ1v) is 3.10. The van der Waals surface area contributed by atoms with E-state index in [2.05, 4.69) is 0 Å². The van der Waals surface area contributed by atoms with Gasteiger partial charge in [-0.15, -0.1) is 0 Å². The van der Waals surface area contributed by atoms with E-state index in [0.29, 0.717) is 0 Å². The van der Waals surface area contributed by atoms with Crippen molar-refractivity contribution in [3.63, 3.8) is 0 Å². The van der Waals surface area contributed by atoms with E-state index in [4.69, 9.17) is 9.84 Å². The Morgan fingerprint density at radius 2 is 1.82 bits per heavy atom. The zero-order chi connectivity index (χ0) is 7.40. The molecule has 3 heteroatoms. The zero-order valence-corrected chi connectivity index (χ0v) is 7.06. The molecule has 1 radical (unpaired) electrons. The average molecular weight is 202 g/mol. The SMILES string of the molecule is COC(O)c1ccccc1.[Cu]. The summed E-state index contributed by atoms with van der Waals surface area (Å²) >= 11 is 0. The first-order chi connectivity index (χ1) is 4.84. The molecule has 1 unspecified atom stereocenters. The van der Waals surface area contributed by atoms with Gasteiger partial charge in [-0.3, -0.25) is 0 Å². The molecule has 1 atom stereocenters. The number of aliphatic hydroxyl groups excluding tert-OH is 1. The van der Waals surface area contributed by atoms with Gasteiger partial charge in [0, 0.05) is 29.7 Å². The van der Waals surface area contributed by atoms with Crippen molar-refractivity contribution in [2.24, 2.45) is 0 Å². The minimum absolute atomic E-state index is 0. The Morgan fingerprint density at radius 3 is 2.27 bits per heavy atom. The summed E-state index contributed by atoms with van der Waals surface area (Å²) in [4.78, 5) is 0. The summed E-state index contributed by atoms with van der Waals surface area (Å²) in [6.45, 7) is 0. The molecule has 1 N–H and O–H groups in total. The Morgan fingerprint density at radius 1 is 1.27 bits per heavy atom. The van der Waals surface area contributed by atoms with Crippen LogP contribution in [0.25, 0.3) is 0 Å². The molecule has 0 heterocycles. The van der Waals surface area contributed by atoms with Gasteiger partial charge in [0.15, 0.2) is 6.29 Å². The zero-order valence-electron chi connectivity index (χ0n) is 6.12. The van der Waals surface area contributed by atoms with E-state index < -0.39 is 6.29 Å². The molecular formula is C8H10CuO2. The van der Waals surface area contributed by atoms with Crippen molar-refractivity contribution in [2.45, 2.75) is 6.29 Å². The largest absolute Gasteiger partial charge is 0.364 e. The second-order valence-electron chi connectivity index (χ2n) is 2.00. The van der Waals surface area contributed by atoms with Gasteiger partial charge in [0.1, 0.15) is 0 Å². The quantitative estimate of drug-likeness (QED) is 0.578.